The molecule has 8 nitrogen and oxygen atoms in total. The number of carbonyl (C=O) groups excluding carboxylic acids is 1. The molecule has 27 heavy (non-hydrogen) atoms. The highest BCUT2D eigenvalue weighted by atomic mass is 35.5. The summed E-state index contributed by atoms with van der Waals surface area (Å²) in [5, 5.41) is 8.65. The quantitative estimate of drug-likeness (QED) is 0.700. The van der Waals surface area contributed by atoms with E-state index in [9.17, 15) is 4.79 Å². The van der Waals surface area contributed by atoms with Crippen LogP contribution in [-0.4, -0.2) is 38.8 Å². The van der Waals surface area contributed by atoms with Crippen LogP contribution in [0.4, 0.5) is 5.82 Å². The van der Waals surface area contributed by atoms with E-state index in [-0.39, 0.29) is 11.9 Å². The summed E-state index contributed by atoms with van der Waals surface area (Å²) in [6.45, 7) is 6.44. The molecule has 1 aliphatic heterocycles. The molecule has 3 aromatic rings. The highest BCUT2D eigenvalue weighted by Crippen LogP contribution is 2.39. The van der Waals surface area contributed by atoms with E-state index in [0.29, 0.717) is 51.9 Å². The molecule has 9 heteroatoms. The zero-order valence-electron chi connectivity index (χ0n) is 15.2. The van der Waals surface area contributed by atoms with Gasteiger partial charge in [-0.05, 0) is 32.4 Å². The summed E-state index contributed by atoms with van der Waals surface area (Å²) >= 11 is 6.44. The Hall–Kier alpha value is -2.87. The molecule has 3 N–H and O–H groups in total. The predicted octanol–water partition coefficient (Wildman–Crippen LogP) is 2.41. The SMILES string of the molecule is Cc1c(Cl)cc(C(C)n2nc(C)c3c(N)ncnc32)c2c1C(=O)NCCO2. The first kappa shape index (κ1) is 17.5. The molecule has 0 fully saturated rings. The Morgan fingerprint density at radius 2 is 2.15 bits per heavy atom. The summed E-state index contributed by atoms with van der Waals surface area (Å²) in [7, 11) is 0. The van der Waals surface area contributed by atoms with Gasteiger partial charge < -0.3 is 15.8 Å². The Bertz CT molecular complexity index is 1080. The number of carbonyl (C=O) groups is 1. The first-order chi connectivity index (χ1) is 12.9. The van der Waals surface area contributed by atoms with Crippen LogP contribution >= 0.6 is 11.6 Å². The third-order valence-electron chi connectivity index (χ3n) is 4.88. The largest absolute Gasteiger partial charge is 0.491 e. The van der Waals surface area contributed by atoms with Crippen molar-refractivity contribution in [2.75, 3.05) is 18.9 Å². The number of nitrogen functional groups attached to an aromatic ring is 1. The van der Waals surface area contributed by atoms with Gasteiger partial charge in [-0.3, -0.25) is 4.79 Å². The van der Waals surface area contributed by atoms with Gasteiger partial charge in [0.2, 0.25) is 0 Å². The lowest BCUT2D eigenvalue weighted by Crippen LogP contribution is -2.25. The zero-order valence-corrected chi connectivity index (χ0v) is 16.0. The molecule has 1 aromatic carbocycles. The molecule has 1 amide bonds. The number of rotatable bonds is 2. The van der Waals surface area contributed by atoms with Gasteiger partial charge in [-0.15, -0.1) is 0 Å². The van der Waals surface area contributed by atoms with Crippen molar-refractivity contribution < 1.29 is 9.53 Å². The Balaban J connectivity index is 1.95. The highest BCUT2D eigenvalue weighted by molar-refractivity contribution is 6.32. The third-order valence-corrected chi connectivity index (χ3v) is 5.27. The lowest BCUT2D eigenvalue weighted by Gasteiger charge is -2.20. The molecule has 1 aliphatic rings. The number of anilines is 1. The van der Waals surface area contributed by atoms with Crippen molar-refractivity contribution in [3.63, 3.8) is 0 Å². The van der Waals surface area contributed by atoms with Crippen LogP contribution < -0.4 is 15.8 Å². The second-order valence-electron chi connectivity index (χ2n) is 6.54. The van der Waals surface area contributed by atoms with Crippen LogP contribution in [0.1, 0.15) is 40.1 Å². The molecule has 140 valence electrons. The molecular formula is C18H19ClN6O2. The van der Waals surface area contributed by atoms with Crippen LogP contribution in [0.5, 0.6) is 5.75 Å². The van der Waals surface area contributed by atoms with Crippen molar-refractivity contribution in [2.24, 2.45) is 0 Å². The van der Waals surface area contributed by atoms with Crippen LogP contribution in [0.25, 0.3) is 11.0 Å². The van der Waals surface area contributed by atoms with Crippen LogP contribution in [0.15, 0.2) is 12.4 Å². The normalized spacial score (nSPS) is 15.0. The predicted molar refractivity (Wildman–Crippen MR) is 102 cm³/mol. The van der Waals surface area contributed by atoms with Gasteiger partial charge in [0.25, 0.3) is 5.91 Å². The lowest BCUT2D eigenvalue weighted by atomic mass is 9.98. The van der Waals surface area contributed by atoms with E-state index in [2.05, 4.69) is 20.4 Å². The van der Waals surface area contributed by atoms with Crippen molar-refractivity contribution in [2.45, 2.75) is 26.8 Å². The van der Waals surface area contributed by atoms with E-state index in [4.69, 9.17) is 22.1 Å². The maximum atomic E-state index is 12.5. The number of nitrogens with zero attached hydrogens (tertiary/aromatic N) is 4. The molecule has 3 heterocycles. The Kier molecular flexibility index (Phi) is 4.15. The summed E-state index contributed by atoms with van der Waals surface area (Å²) in [5.74, 6) is 0.721. The standard InChI is InChI=1S/C18H19ClN6O2/c1-8-12(19)6-11(15-13(8)18(26)21-4-5-27-15)10(3)25-17-14(9(2)24-25)16(20)22-7-23-17/h6-7,10H,4-5H2,1-3H3,(H,21,26)(H2,20,22,23). The van der Waals surface area contributed by atoms with Crippen molar-refractivity contribution in [1.82, 2.24) is 25.1 Å². The monoisotopic (exact) mass is 386 g/mol. The second-order valence-corrected chi connectivity index (χ2v) is 6.95. The lowest BCUT2D eigenvalue weighted by molar-refractivity contribution is 0.0956. The Labute approximate surface area is 160 Å². The van der Waals surface area contributed by atoms with Crippen molar-refractivity contribution >= 4 is 34.4 Å². The summed E-state index contributed by atoms with van der Waals surface area (Å²) in [4.78, 5) is 20.9. The van der Waals surface area contributed by atoms with Crippen molar-refractivity contribution in [3.8, 4) is 5.75 Å². The molecule has 0 radical (unpaired) electrons. The maximum absolute atomic E-state index is 12.5. The summed E-state index contributed by atoms with van der Waals surface area (Å²) < 4.78 is 7.69. The number of aromatic nitrogens is 4. The molecule has 0 spiro atoms. The van der Waals surface area contributed by atoms with Crippen molar-refractivity contribution in [1.29, 1.82) is 0 Å². The number of aryl methyl sites for hydroxylation is 1. The molecular weight excluding hydrogens is 368 g/mol. The average Bonchev–Trinajstić information content (AvgIpc) is 2.85. The van der Waals surface area contributed by atoms with Gasteiger partial charge in [0.1, 0.15) is 24.5 Å². The smallest absolute Gasteiger partial charge is 0.255 e. The number of fused-ring (bicyclic) bond motifs is 2. The van der Waals surface area contributed by atoms with Gasteiger partial charge >= 0.3 is 0 Å². The van der Waals surface area contributed by atoms with Gasteiger partial charge in [-0.25, -0.2) is 14.6 Å². The van der Waals surface area contributed by atoms with Crippen molar-refractivity contribution in [3.05, 3.63) is 39.8 Å². The summed E-state index contributed by atoms with van der Waals surface area (Å²) in [6, 6.07) is 1.54. The Morgan fingerprint density at radius 1 is 1.37 bits per heavy atom. The van der Waals surface area contributed by atoms with Crippen LogP contribution in [-0.2, 0) is 0 Å². The Morgan fingerprint density at radius 3 is 2.93 bits per heavy atom. The minimum absolute atomic E-state index is 0.191. The summed E-state index contributed by atoms with van der Waals surface area (Å²) in [6.07, 6.45) is 1.41. The first-order valence-electron chi connectivity index (χ1n) is 8.59. The molecule has 1 unspecified atom stereocenters. The van der Waals surface area contributed by atoms with Crippen LogP contribution in [0.2, 0.25) is 5.02 Å². The number of nitrogens with two attached hydrogens (primary N) is 1. The third kappa shape index (κ3) is 2.68. The fourth-order valence-electron chi connectivity index (χ4n) is 3.46. The van der Waals surface area contributed by atoms with E-state index >= 15 is 0 Å². The second kappa shape index (κ2) is 6.38. The molecule has 1 atom stereocenters. The number of ether oxygens (including phenoxy) is 1. The minimum atomic E-state index is -0.284. The summed E-state index contributed by atoms with van der Waals surface area (Å²) in [5.41, 5.74) is 9.27. The number of nitrogens with one attached hydrogen (secondary N) is 1. The fourth-order valence-corrected chi connectivity index (χ4v) is 3.67. The van der Waals surface area contributed by atoms with Crippen LogP contribution in [0.3, 0.4) is 0 Å². The molecule has 0 bridgehead atoms. The molecule has 0 saturated carbocycles. The van der Waals surface area contributed by atoms with E-state index in [1.165, 1.54) is 6.33 Å². The molecule has 4 rings (SSSR count). The molecule has 2 aromatic heterocycles. The van der Waals surface area contributed by atoms with Crippen LogP contribution in [0, 0.1) is 13.8 Å². The average molecular weight is 387 g/mol. The van der Waals surface area contributed by atoms with Gasteiger partial charge in [-0.2, -0.15) is 5.10 Å². The van der Waals surface area contributed by atoms with Gasteiger partial charge in [0, 0.05) is 10.6 Å². The zero-order chi connectivity index (χ0) is 19.3. The van der Waals surface area contributed by atoms with Gasteiger partial charge in [0.15, 0.2) is 5.65 Å². The number of benzene rings is 1. The number of hydrogen-bond acceptors (Lipinski definition) is 6. The molecule has 0 saturated heterocycles. The number of halogens is 1. The van der Waals surface area contributed by atoms with E-state index in [0.717, 1.165) is 11.3 Å². The van der Waals surface area contributed by atoms with E-state index in [1.54, 1.807) is 4.68 Å². The minimum Gasteiger partial charge on any atom is -0.491 e. The van der Waals surface area contributed by atoms with Gasteiger partial charge in [-0.1, -0.05) is 11.6 Å². The number of amides is 1. The maximum Gasteiger partial charge on any atom is 0.255 e. The van der Waals surface area contributed by atoms with Gasteiger partial charge in [0.05, 0.1) is 29.2 Å². The van der Waals surface area contributed by atoms with E-state index in [1.807, 2.05) is 26.8 Å². The van der Waals surface area contributed by atoms with E-state index < -0.39 is 0 Å². The number of hydrogen-bond donors (Lipinski definition) is 2. The highest BCUT2D eigenvalue weighted by Gasteiger charge is 2.28. The topological polar surface area (TPSA) is 108 Å². The molecule has 0 aliphatic carbocycles. The first-order valence-corrected chi connectivity index (χ1v) is 8.97. The fraction of sp³-hybridized carbons (Fsp3) is 0.333.